The van der Waals surface area contributed by atoms with Crippen molar-refractivity contribution in [1.82, 2.24) is 20.0 Å². The summed E-state index contributed by atoms with van der Waals surface area (Å²) in [6.07, 6.45) is 3.66. The van der Waals surface area contributed by atoms with E-state index in [2.05, 4.69) is 31.5 Å². The van der Waals surface area contributed by atoms with Gasteiger partial charge in [-0.05, 0) is 30.0 Å². The number of hydrogen-bond donors (Lipinski definition) is 1. The molecule has 0 bridgehead atoms. The van der Waals surface area contributed by atoms with Crippen molar-refractivity contribution >= 4 is 11.3 Å². The normalized spacial score (nSPS) is 21.8. The molecule has 1 N–H and O–H groups in total. The minimum atomic E-state index is -0.367. The number of likely N-dealkylation sites (tertiary alicyclic amines) is 1. The smallest absolute Gasteiger partial charge is 0.244 e. The maximum atomic E-state index is 10.0. The van der Waals surface area contributed by atoms with E-state index < -0.39 is 0 Å². The number of hydrogen-bond acceptors (Lipinski definition) is 7. The van der Waals surface area contributed by atoms with Gasteiger partial charge >= 0.3 is 0 Å². The molecule has 6 nitrogen and oxygen atoms in total. The summed E-state index contributed by atoms with van der Waals surface area (Å²) in [6, 6.07) is 7.82. The number of aromatic nitrogens is 3. The van der Waals surface area contributed by atoms with Gasteiger partial charge in [-0.3, -0.25) is 9.88 Å². The van der Waals surface area contributed by atoms with E-state index in [-0.39, 0.29) is 12.1 Å². The highest BCUT2D eigenvalue weighted by atomic mass is 32.1. The van der Waals surface area contributed by atoms with E-state index in [4.69, 9.17) is 4.52 Å². The summed E-state index contributed by atoms with van der Waals surface area (Å²) in [6.45, 7) is 1.40. The first kappa shape index (κ1) is 14.5. The molecule has 1 aliphatic rings. The van der Waals surface area contributed by atoms with Crippen LogP contribution in [0.1, 0.15) is 23.2 Å². The summed E-state index contributed by atoms with van der Waals surface area (Å²) in [7, 11) is 0. The van der Waals surface area contributed by atoms with Crippen LogP contribution < -0.4 is 0 Å². The van der Waals surface area contributed by atoms with Crippen LogP contribution in [0.25, 0.3) is 11.4 Å². The van der Waals surface area contributed by atoms with E-state index in [1.807, 2.05) is 18.2 Å². The zero-order chi connectivity index (χ0) is 15.6. The second-order valence-corrected chi connectivity index (χ2v) is 6.64. The van der Waals surface area contributed by atoms with E-state index in [1.54, 1.807) is 23.7 Å². The van der Waals surface area contributed by atoms with E-state index in [9.17, 15) is 5.11 Å². The quantitative estimate of drug-likeness (QED) is 0.793. The summed E-state index contributed by atoms with van der Waals surface area (Å²) in [5.41, 5.74) is 0.825. The SMILES string of the molecule is OC1CC(c2nc(-c3cccnc3)no2)N(Cc2cccs2)C1. The van der Waals surface area contributed by atoms with Crippen LogP contribution in [0.4, 0.5) is 0 Å². The van der Waals surface area contributed by atoms with Crippen molar-refractivity contribution < 1.29 is 9.63 Å². The molecule has 1 fully saturated rings. The molecule has 4 rings (SSSR count). The van der Waals surface area contributed by atoms with Gasteiger partial charge in [0.05, 0.1) is 12.1 Å². The van der Waals surface area contributed by atoms with Crippen molar-refractivity contribution in [3.63, 3.8) is 0 Å². The fourth-order valence-electron chi connectivity index (χ4n) is 2.90. The molecule has 3 aromatic heterocycles. The second-order valence-electron chi connectivity index (χ2n) is 5.61. The predicted molar refractivity (Wildman–Crippen MR) is 85.6 cm³/mol. The molecule has 0 aliphatic carbocycles. The van der Waals surface area contributed by atoms with Gasteiger partial charge in [-0.15, -0.1) is 11.3 Å². The number of aliphatic hydroxyl groups is 1. The first-order chi connectivity index (χ1) is 11.3. The lowest BCUT2D eigenvalue weighted by molar-refractivity contribution is 0.170. The van der Waals surface area contributed by atoms with Crippen molar-refractivity contribution in [1.29, 1.82) is 0 Å². The fourth-order valence-corrected chi connectivity index (χ4v) is 3.63. The number of thiophene rings is 1. The van der Waals surface area contributed by atoms with E-state index in [1.165, 1.54) is 4.88 Å². The van der Waals surface area contributed by atoms with Crippen LogP contribution in [0.2, 0.25) is 0 Å². The van der Waals surface area contributed by atoms with Gasteiger partial charge in [0.1, 0.15) is 0 Å². The summed E-state index contributed by atoms with van der Waals surface area (Å²) < 4.78 is 5.46. The number of aliphatic hydroxyl groups excluding tert-OH is 1. The van der Waals surface area contributed by atoms with E-state index in [0.717, 1.165) is 12.1 Å². The largest absolute Gasteiger partial charge is 0.392 e. The lowest BCUT2D eigenvalue weighted by Gasteiger charge is -2.20. The van der Waals surface area contributed by atoms with Gasteiger partial charge in [-0.25, -0.2) is 0 Å². The minimum absolute atomic E-state index is 0.0509. The Labute approximate surface area is 137 Å². The molecule has 0 aromatic carbocycles. The Hall–Kier alpha value is -2.09. The molecule has 4 heterocycles. The molecular formula is C16H16N4O2S. The van der Waals surface area contributed by atoms with Crippen LogP contribution in [0.15, 0.2) is 46.6 Å². The van der Waals surface area contributed by atoms with Gasteiger partial charge in [0.25, 0.3) is 0 Å². The molecular weight excluding hydrogens is 312 g/mol. The van der Waals surface area contributed by atoms with Gasteiger partial charge in [-0.1, -0.05) is 11.2 Å². The molecule has 23 heavy (non-hydrogen) atoms. The molecule has 2 atom stereocenters. The zero-order valence-corrected chi connectivity index (χ0v) is 13.2. The Balaban J connectivity index is 1.57. The fraction of sp³-hybridized carbons (Fsp3) is 0.312. The van der Waals surface area contributed by atoms with Gasteiger partial charge < -0.3 is 9.63 Å². The average molecular weight is 328 g/mol. The van der Waals surface area contributed by atoms with Crippen LogP contribution in [0.5, 0.6) is 0 Å². The monoisotopic (exact) mass is 328 g/mol. The summed E-state index contributed by atoms with van der Waals surface area (Å²) in [4.78, 5) is 12.0. The van der Waals surface area contributed by atoms with Gasteiger partial charge in [0.2, 0.25) is 11.7 Å². The second kappa shape index (κ2) is 6.19. The third-order valence-corrected chi connectivity index (χ3v) is 4.83. The van der Waals surface area contributed by atoms with Crippen LogP contribution in [0.3, 0.4) is 0 Å². The summed E-state index contributed by atoms with van der Waals surface area (Å²) in [5, 5.41) is 16.2. The zero-order valence-electron chi connectivity index (χ0n) is 12.4. The van der Waals surface area contributed by atoms with Crippen LogP contribution in [-0.4, -0.2) is 37.8 Å². The maximum absolute atomic E-state index is 10.0. The summed E-state index contributed by atoms with van der Waals surface area (Å²) >= 11 is 1.71. The van der Waals surface area contributed by atoms with Crippen molar-refractivity contribution in [3.05, 3.63) is 52.8 Å². The molecule has 118 valence electrons. The van der Waals surface area contributed by atoms with E-state index >= 15 is 0 Å². The van der Waals surface area contributed by atoms with Crippen LogP contribution in [0, 0.1) is 0 Å². The van der Waals surface area contributed by atoms with Crippen LogP contribution in [-0.2, 0) is 6.54 Å². The lowest BCUT2D eigenvalue weighted by atomic mass is 10.2. The Morgan fingerprint density at radius 3 is 3.09 bits per heavy atom. The molecule has 0 amide bonds. The minimum Gasteiger partial charge on any atom is -0.392 e. The van der Waals surface area contributed by atoms with Gasteiger partial charge in [0, 0.05) is 35.9 Å². The third kappa shape index (κ3) is 3.03. The van der Waals surface area contributed by atoms with Crippen molar-refractivity contribution in [3.8, 4) is 11.4 Å². The average Bonchev–Trinajstić information content (AvgIpc) is 3.30. The maximum Gasteiger partial charge on any atom is 0.244 e. The Morgan fingerprint density at radius 1 is 1.35 bits per heavy atom. The molecule has 2 unspecified atom stereocenters. The highest BCUT2D eigenvalue weighted by Crippen LogP contribution is 2.33. The molecule has 0 radical (unpaired) electrons. The number of β-amino-alcohol motifs (C(OH)–C–C–N with tert-alkyl or cyclic N) is 1. The van der Waals surface area contributed by atoms with Gasteiger partial charge in [0.15, 0.2) is 0 Å². The lowest BCUT2D eigenvalue weighted by Crippen LogP contribution is -2.24. The highest BCUT2D eigenvalue weighted by molar-refractivity contribution is 7.09. The van der Waals surface area contributed by atoms with Crippen molar-refractivity contribution in [2.24, 2.45) is 0 Å². The topological polar surface area (TPSA) is 75.3 Å². The first-order valence-electron chi connectivity index (χ1n) is 7.48. The third-order valence-electron chi connectivity index (χ3n) is 3.97. The van der Waals surface area contributed by atoms with Crippen molar-refractivity contribution in [2.45, 2.75) is 25.1 Å². The summed E-state index contributed by atoms with van der Waals surface area (Å²) in [5.74, 6) is 1.09. The number of pyridine rings is 1. The van der Waals surface area contributed by atoms with Crippen molar-refractivity contribution in [2.75, 3.05) is 6.54 Å². The van der Waals surface area contributed by atoms with Crippen LogP contribution >= 0.6 is 11.3 Å². The predicted octanol–water partition coefficient (Wildman–Crippen LogP) is 2.50. The van der Waals surface area contributed by atoms with E-state index in [0.29, 0.717) is 24.7 Å². The Morgan fingerprint density at radius 2 is 2.30 bits per heavy atom. The standard InChI is InChI=1S/C16H16N4O2S/c21-12-7-14(20(9-12)10-13-4-2-6-23-13)16-18-15(19-22-16)11-3-1-5-17-8-11/h1-6,8,12,14,21H,7,9-10H2. The molecule has 0 saturated carbocycles. The number of nitrogens with zero attached hydrogens (tertiary/aromatic N) is 4. The number of rotatable bonds is 4. The molecule has 1 saturated heterocycles. The van der Waals surface area contributed by atoms with Gasteiger partial charge in [-0.2, -0.15) is 4.98 Å². The Kier molecular flexibility index (Phi) is 3.90. The highest BCUT2D eigenvalue weighted by Gasteiger charge is 2.36. The molecule has 1 aliphatic heterocycles. The molecule has 7 heteroatoms. The molecule has 0 spiro atoms. The first-order valence-corrected chi connectivity index (χ1v) is 8.36. The Bertz CT molecular complexity index is 760. The molecule has 3 aromatic rings.